The molecule has 0 aliphatic heterocycles. The zero-order valence-electron chi connectivity index (χ0n) is 10.1. The Kier molecular flexibility index (Phi) is 4.09. The summed E-state index contributed by atoms with van der Waals surface area (Å²) in [5, 5.41) is 8.10. The number of nitrogens with zero attached hydrogens (tertiary/aromatic N) is 2. The molecule has 0 spiro atoms. The lowest BCUT2D eigenvalue weighted by Gasteiger charge is -2.12. The lowest BCUT2D eigenvalue weighted by Crippen LogP contribution is -2.12. The van der Waals surface area contributed by atoms with Gasteiger partial charge in [0.2, 0.25) is 0 Å². The normalized spacial score (nSPS) is 12.4. The van der Waals surface area contributed by atoms with E-state index in [1.165, 1.54) is 10.6 Å². The molecule has 4 heteroatoms. The van der Waals surface area contributed by atoms with Crippen LogP contribution in [0.15, 0.2) is 47.6 Å². The third-order valence-electron chi connectivity index (χ3n) is 2.39. The van der Waals surface area contributed by atoms with Crippen molar-refractivity contribution in [2.24, 2.45) is 7.05 Å². The van der Waals surface area contributed by atoms with Gasteiger partial charge in [-0.15, -0.1) is 11.8 Å². The van der Waals surface area contributed by atoms with Gasteiger partial charge in [0.15, 0.2) is 0 Å². The summed E-state index contributed by atoms with van der Waals surface area (Å²) in [5.41, 5.74) is 1.17. The average Bonchev–Trinajstić information content (AvgIpc) is 2.73. The van der Waals surface area contributed by atoms with Crippen LogP contribution >= 0.6 is 11.8 Å². The first-order valence-corrected chi connectivity index (χ1v) is 6.56. The maximum atomic E-state index is 4.16. The number of nitrogens with one attached hydrogen (secondary N) is 1. The molecule has 0 saturated carbocycles. The Bertz CT molecular complexity index is 453. The zero-order chi connectivity index (χ0) is 12.1. The average molecular weight is 247 g/mol. The third-order valence-corrected chi connectivity index (χ3v) is 3.44. The second kappa shape index (κ2) is 5.77. The van der Waals surface area contributed by atoms with Gasteiger partial charge in [-0.25, -0.2) is 0 Å². The van der Waals surface area contributed by atoms with Crippen molar-refractivity contribution in [2.45, 2.75) is 17.1 Å². The maximum Gasteiger partial charge on any atom is 0.0625 e. The quantitative estimate of drug-likeness (QED) is 0.824. The fourth-order valence-electron chi connectivity index (χ4n) is 1.55. The van der Waals surface area contributed by atoms with Gasteiger partial charge in [0, 0.05) is 35.6 Å². The number of hydrogen-bond donors (Lipinski definition) is 1. The Labute approximate surface area is 106 Å². The van der Waals surface area contributed by atoms with Crippen LogP contribution in [-0.4, -0.2) is 21.6 Å². The first kappa shape index (κ1) is 12.0. The molecule has 1 unspecified atom stereocenters. The molecule has 0 fully saturated rings. The molecule has 1 aromatic heterocycles. The molecule has 2 rings (SSSR count). The number of para-hydroxylation sites is 1. The van der Waals surface area contributed by atoms with E-state index in [4.69, 9.17) is 0 Å². The van der Waals surface area contributed by atoms with Gasteiger partial charge >= 0.3 is 0 Å². The van der Waals surface area contributed by atoms with E-state index in [1.54, 1.807) is 0 Å². The minimum Gasteiger partial charge on any atom is -0.384 e. The standard InChI is InChI=1S/C13H17N3S/c1-11(17-13-9-15-16(2)10-13)8-14-12-6-4-3-5-7-12/h3-7,9-11,14H,8H2,1-2H3. The van der Waals surface area contributed by atoms with Gasteiger partial charge in [-0.1, -0.05) is 25.1 Å². The highest BCUT2D eigenvalue weighted by Gasteiger charge is 2.05. The van der Waals surface area contributed by atoms with Crippen LogP contribution < -0.4 is 5.32 Å². The van der Waals surface area contributed by atoms with E-state index in [0.29, 0.717) is 5.25 Å². The minimum absolute atomic E-state index is 0.513. The molecule has 0 bridgehead atoms. The smallest absolute Gasteiger partial charge is 0.0625 e. The van der Waals surface area contributed by atoms with E-state index >= 15 is 0 Å². The number of rotatable bonds is 5. The largest absolute Gasteiger partial charge is 0.384 e. The molecule has 17 heavy (non-hydrogen) atoms. The Morgan fingerprint density at radius 3 is 2.76 bits per heavy atom. The van der Waals surface area contributed by atoms with Gasteiger partial charge in [-0.05, 0) is 12.1 Å². The van der Waals surface area contributed by atoms with E-state index in [0.717, 1.165) is 6.54 Å². The molecule has 0 radical (unpaired) electrons. The molecule has 0 aliphatic rings. The summed E-state index contributed by atoms with van der Waals surface area (Å²) in [6.45, 7) is 3.16. The van der Waals surface area contributed by atoms with E-state index in [2.05, 4.69) is 29.5 Å². The topological polar surface area (TPSA) is 29.9 Å². The van der Waals surface area contributed by atoms with E-state index in [9.17, 15) is 0 Å². The van der Waals surface area contributed by atoms with Crippen molar-refractivity contribution in [2.75, 3.05) is 11.9 Å². The van der Waals surface area contributed by atoms with Crippen molar-refractivity contribution in [3.05, 3.63) is 42.7 Å². The highest BCUT2D eigenvalue weighted by Crippen LogP contribution is 2.22. The third kappa shape index (κ3) is 3.82. The van der Waals surface area contributed by atoms with Crippen LogP contribution in [0.2, 0.25) is 0 Å². The van der Waals surface area contributed by atoms with Crippen LogP contribution in [0.25, 0.3) is 0 Å². The Morgan fingerprint density at radius 2 is 2.12 bits per heavy atom. The monoisotopic (exact) mass is 247 g/mol. The van der Waals surface area contributed by atoms with Crippen molar-refractivity contribution in [3.63, 3.8) is 0 Å². The predicted molar refractivity (Wildman–Crippen MR) is 73.5 cm³/mol. The lowest BCUT2D eigenvalue weighted by molar-refractivity contribution is 0.766. The summed E-state index contributed by atoms with van der Waals surface area (Å²) in [6, 6.07) is 10.3. The molecule has 2 aromatic rings. The van der Waals surface area contributed by atoms with E-state index in [1.807, 2.05) is 54.1 Å². The van der Waals surface area contributed by atoms with Gasteiger partial charge in [0.25, 0.3) is 0 Å². The molecule has 0 amide bonds. The van der Waals surface area contributed by atoms with Crippen molar-refractivity contribution < 1.29 is 0 Å². The molecule has 90 valence electrons. The molecule has 1 N–H and O–H groups in total. The highest BCUT2D eigenvalue weighted by atomic mass is 32.2. The van der Waals surface area contributed by atoms with Gasteiger partial charge in [-0.3, -0.25) is 4.68 Å². The first-order valence-electron chi connectivity index (χ1n) is 5.68. The summed E-state index contributed by atoms with van der Waals surface area (Å²) >= 11 is 1.84. The van der Waals surface area contributed by atoms with Gasteiger partial charge < -0.3 is 5.32 Å². The first-order chi connectivity index (χ1) is 8.24. The molecular formula is C13H17N3S. The number of anilines is 1. The summed E-state index contributed by atoms with van der Waals surface area (Å²) in [6.07, 6.45) is 3.95. The van der Waals surface area contributed by atoms with Crippen LogP contribution in [0, 0.1) is 0 Å². The Morgan fingerprint density at radius 1 is 1.35 bits per heavy atom. The number of benzene rings is 1. The maximum absolute atomic E-state index is 4.16. The fraction of sp³-hybridized carbons (Fsp3) is 0.308. The van der Waals surface area contributed by atoms with Crippen molar-refractivity contribution in [1.29, 1.82) is 0 Å². The van der Waals surface area contributed by atoms with Crippen molar-refractivity contribution in [1.82, 2.24) is 9.78 Å². The second-order valence-electron chi connectivity index (χ2n) is 4.03. The van der Waals surface area contributed by atoms with Crippen LogP contribution in [0.5, 0.6) is 0 Å². The fourth-order valence-corrected chi connectivity index (χ4v) is 2.50. The van der Waals surface area contributed by atoms with Crippen LogP contribution in [0.1, 0.15) is 6.92 Å². The SMILES string of the molecule is CC(CNc1ccccc1)Sc1cnn(C)c1. The van der Waals surface area contributed by atoms with E-state index < -0.39 is 0 Å². The minimum atomic E-state index is 0.513. The summed E-state index contributed by atoms with van der Waals surface area (Å²) in [4.78, 5) is 1.22. The van der Waals surface area contributed by atoms with Crippen molar-refractivity contribution in [3.8, 4) is 0 Å². The zero-order valence-corrected chi connectivity index (χ0v) is 10.9. The molecule has 0 aliphatic carbocycles. The Hall–Kier alpha value is -1.42. The number of aryl methyl sites for hydroxylation is 1. The van der Waals surface area contributed by atoms with Gasteiger partial charge in [0.05, 0.1) is 6.20 Å². The lowest BCUT2D eigenvalue weighted by atomic mass is 10.3. The number of aromatic nitrogens is 2. The summed E-state index contributed by atoms with van der Waals surface area (Å²) in [7, 11) is 1.94. The molecule has 3 nitrogen and oxygen atoms in total. The molecule has 1 atom stereocenters. The highest BCUT2D eigenvalue weighted by molar-refractivity contribution is 8.00. The van der Waals surface area contributed by atoms with E-state index in [-0.39, 0.29) is 0 Å². The summed E-state index contributed by atoms with van der Waals surface area (Å²) in [5.74, 6) is 0. The molecule has 1 aromatic carbocycles. The predicted octanol–water partition coefficient (Wildman–Crippen LogP) is 3.01. The Balaban J connectivity index is 1.80. The van der Waals surface area contributed by atoms with Gasteiger partial charge in [-0.2, -0.15) is 5.10 Å². The van der Waals surface area contributed by atoms with Gasteiger partial charge in [0.1, 0.15) is 0 Å². The molecule has 1 heterocycles. The van der Waals surface area contributed by atoms with Crippen molar-refractivity contribution >= 4 is 17.4 Å². The molecule has 0 saturated heterocycles. The second-order valence-corrected chi connectivity index (χ2v) is 5.54. The number of thioether (sulfide) groups is 1. The molecular weight excluding hydrogens is 230 g/mol. The van der Waals surface area contributed by atoms with Crippen LogP contribution in [-0.2, 0) is 7.05 Å². The summed E-state index contributed by atoms with van der Waals surface area (Å²) < 4.78 is 1.83. The number of hydrogen-bond acceptors (Lipinski definition) is 3. The van der Waals surface area contributed by atoms with Crippen LogP contribution in [0.4, 0.5) is 5.69 Å². The van der Waals surface area contributed by atoms with Crippen LogP contribution in [0.3, 0.4) is 0 Å².